The van der Waals surface area contributed by atoms with E-state index in [1.807, 2.05) is 43.3 Å². The lowest BCUT2D eigenvalue weighted by atomic mass is 10.2. The van der Waals surface area contributed by atoms with Gasteiger partial charge in [0.25, 0.3) is 0 Å². The molecule has 1 heterocycles. The predicted octanol–water partition coefficient (Wildman–Crippen LogP) is 4.95. The lowest BCUT2D eigenvalue weighted by molar-refractivity contribution is 1.33. The third kappa shape index (κ3) is 2.04. The SMILES string of the molecule is Cc1cc2[nH]c(-c3ccc(Br)cc3)nc2cc1Cl. The summed E-state index contributed by atoms with van der Waals surface area (Å²) in [5.74, 6) is 0.860. The highest BCUT2D eigenvalue weighted by Crippen LogP contribution is 2.26. The van der Waals surface area contributed by atoms with E-state index >= 15 is 0 Å². The summed E-state index contributed by atoms with van der Waals surface area (Å²) < 4.78 is 1.06. The minimum atomic E-state index is 0.747. The summed E-state index contributed by atoms with van der Waals surface area (Å²) in [6, 6.07) is 12.0. The molecule has 0 unspecified atom stereocenters. The Hall–Kier alpha value is -1.32. The average molecular weight is 322 g/mol. The van der Waals surface area contributed by atoms with Crippen LogP contribution in [0.4, 0.5) is 0 Å². The molecule has 2 nitrogen and oxygen atoms in total. The van der Waals surface area contributed by atoms with E-state index in [0.29, 0.717) is 0 Å². The van der Waals surface area contributed by atoms with Crippen molar-refractivity contribution in [1.82, 2.24) is 9.97 Å². The summed E-state index contributed by atoms with van der Waals surface area (Å²) in [5.41, 5.74) is 4.01. The molecule has 0 aliphatic heterocycles. The molecule has 0 aliphatic rings. The number of benzene rings is 2. The zero-order chi connectivity index (χ0) is 12.7. The Morgan fingerprint density at radius 1 is 1.17 bits per heavy atom. The van der Waals surface area contributed by atoms with Gasteiger partial charge in [-0.1, -0.05) is 39.7 Å². The number of nitrogens with zero attached hydrogens (tertiary/aromatic N) is 1. The Bertz CT molecular complexity index is 677. The van der Waals surface area contributed by atoms with Crippen molar-refractivity contribution in [3.8, 4) is 11.4 Å². The van der Waals surface area contributed by atoms with E-state index < -0.39 is 0 Å². The molecule has 18 heavy (non-hydrogen) atoms. The lowest BCUT2D eigenvalue weighted by Crippen LogP contribution is -1.78. The van der Waals surface area contributed by atoms with Crippen LogP contribution in [0.5, 0.6) is 0 Å². The van der Waals surface area contributed by atoms with E-state index in [1.54, 1.807) is 0 Å². The van der Waals surface area contributed by atoms with Crippen molar-refractivity contribution in [2.24, 2.45) is 0 Å². The van der Waals surface area contributed by atoms with E-state index in [0.717, 1.165) is 37.5 Å². The molecular weight excluding hydrogens is 312 g/mol. The highest BCUT2D eigenvalue weighted by molar-refractivity contribution is 9.10. The maximum Gasteiger partial charge on any atom is 0.138 e. The maximum atomic E-state index is 6.10. The maximum absolute atomic E-state index is 6.10. The van der Waals surface area contributed by atoms with E-state index in [4.69, 9.17) is 11.6 Å². The minimum absolute atomic E-state index is 0.747. The largest absolute Gasteiger partial charge is 0.338 e. The summed E-state index contributed by atoms with van der Waals surface area (Å²) in [7, 11) is 0. The molecule has 3 aromatic rings. The van der Waals surface area contributed by atoms with Crippen molar-refractivity contribution in [3.63, 3.8) is 0 Å². The van der Waals surface area contributed by atoms with Crippen LogP contribution in [-0.4, -0.2) is 9.97 Å². The molecule has 1 aromatic heterocycles. The van der Waals surface area contributed by atoms with Crippen LogP contribution in [0.15, 0.2) is 40.9 Å². The van der Waals surface area contributed by atoms with Crippen molar-refractivity contribution >= 4 is 38.6 Å². The van der Waals surface area contributed by atoms with Crippen molar-refractivity contribution in [2.45, 2.75) is 6.92 Å². The smallest absolute Gasteiger partial charge is 0.138 e. The number of nitrogens with one attached hydrogen (secondary N) is 1. The molecule has 0 atom stereocenters. The quantitative estimate of drug-likeness (QED) is 0.674. The van der Waals surface area contributed by atoms with Crippen LogP contribution >= 0.6 is 27.5 Å². The first-order valence-corrected chi connectivity index (χ1v) is 6.72. The van der Waals surface area contributed by atoms with Crippen molar-refractivity contribution in [2.75, 3.05) is 0 Å². The molecule has 90 valence electrons. The number of halogens is 2. The first kappa shape index (κ1) is 11.8. The van der Waals surface area contributed by atoms with Gasteiger partial charge in [-0.25, -0.2) is 4.98 Å². The number of H-pyrrole nitrogens is 1. The van der Waals surface area contributed by atoms with Gasteiger partial charge in [0.15, 0.2) is 0 Å². The first-order chi connectivity index (χ1) is 8.63. The van der Waals surface area contributed by atoms with Crippen LogP contribution in [0.25, 0.3) is 22.4 Å². The van der Waals surface area contributed by atoms with Crippen LogP contribution in [0, 0.1) is 6.92 Å². The summed E-state index contributed by atoms with van der Waals surface area (Å²) >= 11 is 9.53. The number of imidazole rings is 1. The number of rotatable bonds is 1. The predicted molar refractivity (Wildman–Crippen MR) is 79.0 cm³/mol. The first-order valence-electron chi connectivity index (χ1n) is 5.55. The van der Waals surface area contributed by atoms with Crippen LogP contribution in [-0.2, 0) is 0 Å². The summed E-state index contributed by atoms with van der Waals surface area (Å²) in [6.45, 7) is 1.99. The number of hydrogen-bond donors (Lipinski definition) is 1. The van der Waals surface area contributed by atoms with E-state index in [1.165, 1.54) is 0 Å². The van der Waals surface area contributed by atoms with Gasteiger partial charge in [-0.05, 0) is 36.8 Å². The van der Waals surface area contributed by atoms with Gasteiger partial charge in [0.2, 0.25) is 0 Å². The molecule has 0 fully saturated rings. The molecule has 3 rings (SSSR count). The Morgan fingerprint density at radius 3 is 2.61 bits per heavy atom. The molecular formula is C14H10BrClN2. The highest BCUT2D eigenvalue weighted by atomic mass is 79.9. The van der Waals surface area contributed by atoms with Gasteiger partial charge in [0, 0.05) is 15.1 Å². The van der Waals surface area contributed by atoms with Crippen LogP contribution in [0.1, 0.15) is 5.56 Å². The van der Waals surface area contributed by atoms with Crippen molar-refractivity contribution in [3.05, 3.63) is 51.5 Å². The second kappa shape index (κ2) is 4.41. The number of aromatic nitrogens is 2. The normalized spacial score (nSPS) is 11.1. The number of hydrogen-bond acceptors (Lipinski definition) is 1. The molecule has 0 aliphatic carbocycles. The van der Waals surface area contributed by atoms with Crippen LogP contribution in [0.3, 0.4) is 0 Å². The Balaban J connectivity index is 2.16. The van der Waals surface area contributed by atoms with Gasteiger partial charge in [0.1, 0.15) is 5.82 Å². The fourth-order valence-corrected chi connectivity index (χ4v) is 2.31. The van der Waals surface area contributed by atoms with Crippen LogP contribution < -0.4 is 0 Å². The van der Waals surface area contributed by atoms with Crippen LogP contribution in [0.2, 0.25) is 5.02 Å². The topological polar surface area (TPSA) is 28.7 Å². The van der Waals surface area contributed by atoms with Gasteiger partial charge < -0.3 is 4.98 Å². The monoisotopic (exact) mass is 320 g/mol. The summed E-state index contributed by atoms with van der Waals surface area (Å²) in [6.07, 6.45) is 0. The molecule has 2 aromatic carbocycles. The standard InChI is InChI=1S/C14H10BrClN2/c1-8-6-12-13(7-11(8)16)18-14(17-12)9-2-4-10(15)5-3-9/h2-7H,1H3,(H,17,18). The van der Waals surface area contributed by atoms with Gasteiger partial charge in [0.05, 0.1) is 11.0 Å². The molecule has 0 amide bonds. The fraction of sp³-hybridized carbons (Fsp3) is 0.0714. The minimum Gasteiger partial charge on any atom is -0.338 e. The third-order valence-electron chi connectivity index (χ3n) is 2.88. The zero-order valence-corrected chi connectivity index (χ0v) is 12.0. The molecule has 4 heteroatoms. The van der Waals surface area contributed by atoms with E-state index in [9.17, 15) is 0 Å². The van der Waals surface area contributed by atoms with Gasteiger partial charge in [-0.15, -0.1) is 0 Å². The van der Waals surface area contributed by atoms with Gasteiger partial charge in [-0.2, -0.15) is 0 Å². The fourth-order valence-electron chi connectivity index (χ4n) is 1.88. The number of aryl methyl sites for hydroxylation is 1. The summed E-state index contributed by atoms with van der Waals surface area (Å²) in [5, 5.41) is 0.747. The summed E-state index contributed by atoms with van der Waals surface area (Å²) in [4.78, 5) is 7.87. The molecule has 0 saturated carbocycles. The Morgan fingerprint density at radius 2 is 1.89 bits per heavy atom. The van der Waals surface area contributed by atoms with E-state index in [-0.39, 0.29) is 0 Å². The van der Waals surface area contributed by atoms with Gasteiger partial charge >= 0.3 is 0 Å². The number of fused-ring (bicyclic) bond motifs is 1. The van der Waals surface area contributed by atoms with Crippen molar-refractivity contribution < 1.29 is 0 Å². The third-order valence-corrected chi connectivity index (χ3v) is 3.82. The molecule has 0 saturated heterocycles. The second-order valence-electron chi connectivity index (χ2n) is 4.21. The average Bonchev–Trinajstić information content (AvgIpc) is 2.73. The second-order valence-corrected chi connectivity index (χ2v) is 5.53. The van der Waals surface area contributed by atoms with Gasteiger partial charge in [-0.3, -0.25) is 0 Å². The zero-order valence-electron chi connectivity index (χ0n) is 9.67. The van der Waals surface area contributed by atoms with E-state index in [2.05, 4.69) is 25.9 Å². The molecule has 1 N–H and O–H groups in total. The lowest BCUT2D eigenvalue weighted by Gasteiger charge is -1.96. The Kier molecular flexibility index (Phi) is 2.88. The highest BCUT2D eigenvalue weighted by Gasteiger charge is 2.07. The molecule has 0 bridgehead atoms. The Labute approximate surface area is 118 Å². The molecule has 0 radical (unpaired) electrons. The van der Waals surface area contributed by atoms with Crippen molar-refractivity contribution in [1.29, 1.82) is 0 Å². The number of aromatic amines is 1. The molecule has 0 spiro atoms.